The number of piperazine rings is 1. The fourth-order valence-corrected chi connectivity index (χ4v) is 8.42. The van der Waals surface area contributed by atoms with Gasteiger partial charge in [0.25, 0.3) is 0 Å². The Bertz CT molecular complexity index is 1540. The number of nitrogens with one attached hydrogen (secondary N) is 2. The second-order valence-electron chi connectivity index (χ2n) is 14.5. The highest BCUT2D eigenvalue weighted by Crippen LogP contribution is 2.25. The number of urea groups is 2. The van der Waals surface area contributed by atoms with E-state index in [-0.39, 0.29) is 30.6 Å². The first-order chi connectivity index (χ1) is 24.7. The molecule has 2 aromatic carbocycles. The topological polar surface area (TPSA) is 129 Å². The quantitative estimate of drug-likeness (QED) is 0.345. The van der Waals surface area contributed by atoms with Gasteiger partial charge in [-0.2, -0.15) is 0 Å². The molecule has 0 bridgehead atoms. The first-order valence-corrected chi connectivity index (χ1v) is 19.0. The third kappa shape index (κ3) is 9.02. The number of carboxylic acid groups (broad SMARTS) is 1. The predicted octanol–water partition coefficient (Wildman–Crippen LogP) is 3.68. The lowest BCUT2D eigenvalue weighted by Gasteiger charge is -2.43. The largest absolute Gasteiger partial charge is 0.480 e. The Morgan fingerprint density at radius 3 is 2.18 bits per heavy atom. The number of rotatable bonds is 10. The molecular formula is C39H55N7O5. The van der Waals surface area contributed by atoms with Crippen molar-refractivity contribution in [2.75, 3.05) is 70.8 Å². The lowest BCUT2D eigenvalue weighted by atomic mass is 9.95. The van der Waals surface area contributed by atoms with Crippen molar-refractivity contribution in [2.45, 2.75) is 83.3 Å². The van der Waals surface area contributed by atoms with Crippen molar-refractivity contribution in [2.24, 2.45) is 0 Å². The van der Waals surface area contributed by atoms with Crippen LogP contribution in [0, 0.1) is 0 Å². The Labute approximate surface area is 302 Å². The maximum atomic E-state index is 14.2. The van der Waals surface area contributed by atoms with Crippen LogP contribution in [0.3, 0.4) is 0 Å². The van der Waals surface area contributed by atoms with E-state index < -0.39 is 12.0 Å². The molecule has 5 amide bonds. The van der Waals surface area contributed by atoms with Crippen LogP contribution >= 0.6 is 0 Å². The molecule has 0 aromatic heterocycles. The average Bonchev–Trinajstić information content (AvgIpc) is 3.32. The molecule has 3 N–H and O–H groups in total. The predicted molar refractivity (Wildman–Crippen MR) is 197 cm³/mol. The Hall–Kier alpha value is -4.16. The molecule has 1 atom stereocenters. The molecule has 3 saturated heterocycles. The first-order valence-electron chi connectivity index (χ1n) is 19.0. The van der Waals surface area contributed by atoms with Crippen LogP contribution in [0.5, 0.6) is 0 Å². The van der Waals surface area contributed by atoms with Gasteiger partial charge in [-0.1, -0.05) is 50.2 Å². The van der Waals surface area contributed by atoms with Crippen molar-refractivity contribution in [3.63, 3.8) is 0 Å². The smallest absolute Gasteiger partial charge is 0.322 e. The van der Waals surface area contributed by atoms with E-state index in [4.69, 9.17) is 5.11 Å². The molecule has 276 valence electrons. The van der Waals surface area contributed by atoms with Gasteiger partial charge in [0.1, 0.15) is 6.04 Å². The SMILES string of the molecule is CCc1ccc(CC(NC(=O)N2CCC(N3CCc4ccccc4NC3=O)CC2)C(=O)N2CCC(N3CCN(CC(=O)O)CC3)CC2)cc1CC. The summed E-state index contributed by atoms with van der Waals surface area (Å²) in [5.41, 5.74) is 5.64. The highest BCUT2D eigenvalue weighted by atomic mass is 16.4. The normalized spacial score (nSPS) is 20.4. The number of nitrogens with zero attached hydrogens (tertiary/aromatic N) is 5. The van der Waals surface area contributed by atoms with E-state index >= 15 is 0 Å². The number of aliphatic carboxylic acids is 1. The van der Waals surface area contributed by atoms with Crippen LogP contribution in [0.1, 0.15) is 61.8 Å². The molecule has 4 heterocycles. The summed E-state index contributed by atoms with van der Waals surface area (Å²) < 4.78 is 0. The van der Waals surface area contributed by atoms with Gasteiger partial charge in [-0.25, -0.2) is 9.59 Å². The van der Waals surface area contributed by atoms with Crippen molar-refractivity contribution in [3.05, 3.63) is 64.7 Å². The zero-order valence-electron chi connectivity index (χ0n) is 30.3. The number of aryl methyl sites for hydroxylation is 2. The molecule has 0 aliphatic carbocycles. The summed E-state index contributed by atoms with van der Waals surface area (Å²) in [4.78, 5) is 62.4. The average molecular weight is 702 g/mol. The molecule has 2 aromatic rings. The van der Waals surface area contributed by atoms with E-state index in [0.29, 0.717) is 58.0 Å². The van der Waals surface area contributed by atoms with E-state index in [1.807, 2.05) is 32.9 Å². The van der Waals surface area contributed by atoms with Gasteiger partial charge in [-0.05, 0) is 73.3 Å². The molecule has 1 unspecified atom stereocenters. The zero-order chi connectivity index (χ0) is 35.9. The number of fused-ring (bicyclic) bond motifs is 1. The van der Waals surface area contributed by atoms with Gasteiger partial charge in [-0.3, -0.25) is 19.4 Å². The van der Waals surface area contributed by atoms with Gasteiger partial charge in [-0.15, -0.1) is 0 Å². The maximum Gasteiger partial charge on any atom is 0.322 e. The number of benzene rings is 2. The van der Waals surface area contributed by atoms with Crippen molar-refractivity contribution in [1.29, 1.82) is 0 Å². The van der Waals surface area contributed by atoms with Crippen LogP contribution < -0.4 is 10.6 Å². The van der Waals surface area contributed by atoms with Gasteiger partial charge in [0.2, 0.25) is 5.91 Å². The minimum absolute atomic E-state index is 0.0404. The minimum atomic E-state index is -0.790. The fourth-order valence-electron chi connectivity index (χ4n) is 8.42. The molecule has 4 aliphatic heterocycles. The lowest BCUT2D eigenvalue weighted by Crippen LogP contribution is -2.58. The van der Waals surface area contributed by atoms with Gasteiger partial charge < -0.3 is 30.4 Å². The van der Waals surface area contributed by atoms with Crippen molar-refractivity contribution in [3.8, 4) is 0 Å². The summed E-state index contributed by atoms with van der Waals surface area (Å²) >= 11 is 0. The molecule has 3 fully saturated rings. The molecule has 12 nitrogen and oxygen atoms in total. The Morgan fingerprint density at radius 2 is 1.49 bits per heavy atom. The summed E-state index contributed by atoms with van der Waals surface area (Å²) in [5.74, 6) is -0.830. The maximum absolute atomic E-state index is 14.2. The number of carbonyl (C=O) groups excluding carboxylic acids is 3. The summed E-state index contributed by atoms with van der Waals surface area (Å²) in [5, 5.41) is 15.4. The third-order valence-electron chi connectivity index (χ3n) is 11.5. The van der Waals surface area contributed by atoms with Crippen LogP contribution in [-0.4, -0.2) is 137 Å². The van der Waals surface area contributed by atoms with Gasteiger partial charge in [0.05, 0.1) is 6.54 Å². The Morgan fingerprint density at radius 1 is 0.824 bits per heavy atom. The summed E-state index contributed by atoms with van der Waals surface area (Å²) in [6.07, 6.45) is 6.18. The lowest BCUT2D eigenvalue weighted by molar-refractivity contribution is -0.138. The number of hydrogen-bond donors (Lipinski definition) is 3. The van der Waals surface area contributed by atoms with Crippen LogP contribution in [0.15, 0.2) is 42.5 Å². The number of carbonyl (C=O) groups is 4. The molecule has 12 heteroatoms. The molecular weight excluding hydrogens is 646 g/mol. The number of piperidine rings is 2. The van der Waals surface area contributed by atoms with Crippen molar-refractivity contribution in [1.82, 2.24) is 29.8 Å². The second kappa shape index (κ2) is 16.9. The van der Waals surface area contributed by atoms with E-state index in [1.54, 1.807) is 4.90 Å². The first kappa shape index (κ1) is 36.6. The number of anilines is 1. The number of carboxylic acids is 1. The van der Waals surface area contributed by atoms with E-state index in [9.17, 15) is 19.2 Å². The molecule has 4 aliphatic rings. The van der Waals surface area contributed by atoms with Crippen molar-refractivity contribution >= 4 is 29.6 Å². The van der Waals surface area contributed by atoms with Crippen LogP contribution in [0.2, 0.25) is 0 Å². The van der Waals surface area contributed by atoms with Gasteiger partial charge in [0, 0.05) is 83.1 Å². The zero-order valence-corrected chi connectivity index (χ0v) is 30.3. The monoisotopic (exact) mass is 701 g/mol. The van der Waals surface area contributed by atoms with Crippen LogP contribution in [0.25, 0.3) is 0 Å². The number of likely N-dealkylation sites (tertiary alicyclic amines) is 2. The highest BCUT2D eigenvalue weighted by Gasteiger charge is 2.35. The van der Waals surface area contributed by atoms with E-state index in [1.165, 1.54) is 11.1 Å². The molecule has 0 radical (unpaired) electrons. The van der Waals surface area contributed by atoms with E-state index in [2.05, 4.69) is 53.6 Å². The molecule has 0 spiro atoms. The Balaban J connectivity index is 1.07. The summed E-state index contributed by atoms with van der Waals surface area (Å²) in [7, 11) is 0. The van der Waals surface area contributed by atoms with E-state index in [0.717, 1.165) is 75.1 Å². The number of hydrogen-bond acceptors (Lipinski definition) is 6. The molecule has 0 saturated carbocycles. The van der Waals surface area contributed by atoms with Crippen LogP contribution in [-0.2, 0) is 35.3 Å². The van der Waals surface area contributed by atoms with Gasteiger partial charge in [0.15, 0.2) is 0 Å². The number of para-hydroxylation sites is 1. The minimum Gasteiger partial charge on any atom is -0.480 e. The summed E-state index contributed by atoms with van der Waals surface area (Å²) in [6, 6.07) is 13.8. The molecule has 51 heavy (non-hydrogen) atoms. The Kier molecular flexibility index (Phi) is 12.1. The van der Waals surface area contributed by atoms with Crippen molar-refractivity contribution < 1.29 is 24.3 Å². The van der Waals surface area contributed by atoms with Crippen LogP contribution in [0.4, 0.5) is 15.3 Å². The number of amides is 5. The fraction of sp³-hybridized carbons (Fsp3) is 0.590. The highest BCUT2D eigenvalue weighted by molar-refractivity contribution is 5.91. The summed E-state index contributed by atoms with van der Waals surface area (Å²) in [6.45, 7) is 10.5. The standard InChI is InChI=1S/C39H55N7O5/c1-3-29-10-9-28(25-30(29)4-2)26-35(37(49)44-16-12-32(13-17-44)43-23-21-42(22-24-43)27-36(47)48)41-38(50)45-18-14-33(15-19-45)46-20-11-31-7-5-6-8-34(31)40-39(46)51/h5-10,25,32-33,35H,3-4,11-24,26-27H2,1-2H3,(H,40,51)(H,41,50)(H,47,48). The molecule has 6 rings (SSSR count). The second-order valence-corrected chi connectivity index (χ2v) is 14.5. The van der Waals surface area contributed by atoms with Gasteiger partial charge >= 0.3 is 18.0 Å². The third-order valence-corrected chi connectivity index (χ3v) is 11.5.